The van der Waals surface area contributed by atoms with Crippen LogP contribution in [0.25, 0.3) is 0 Å². The number of ether oxygens (including phenoxy) is 1. The minimum atomic E-state index is -1.86. The fourth-order valence-corrected chi connectivity index (χ4v) is 0.792. The first-order valence-electron chi connectivity index (χ1n) is 7.22. The second-order valence-corrected chi connectivity index (χ2v) is 4.16. The fraction of sp³-hybridized carbons (Fsp3) is 0.400. The molecule has 0 saturated carbocycles. The fourth-order valence-electron chi connectivity index (χ4n) is 0.792. The number of carboxylic acid groups (broad SMARTS) is 4. The Kier molecular flexibility index (Phi) is 110. The van der Waals surface area contributed by atoms with Gasteiger partial charge in [0.1, 0.15) is 5.97 Å². The Morgan fingerprint density at radius 3 is 1.41 bits per heavy atom. The van der Waals surface area contributed by atoms with Crippen molar-refractivity contribution in [3.05, 3.63) is 0 Å². The maximum Gasteiger partial charge on any atom is 2.00 e. The minimum absolute atomic E-state index is 0. The SMILES string of the molecule is O.O=C([O-])CCC(=O)C(=O)[O-].O=C=O.O=COC(=O)CCC(=O)O.O=[C-]CCC(=O)[O-].[Ca+2].[Ca+2].[Cl-].[Cl-].[Na+].[Na+]. The Bertz CT molecular complexity index is 662. The molecule has 0 aliphatic carbocycles. The van der Waals surface area contributed by atoms with Crippen LogP contribution in [0.2, 0.25) is 0 Å². The van der Waals surface area contributed by atoms with Gasteiger partial charge in [-0.15, -0.1) is 6.42 Å². The second kappa shape index (κ2) is 56.9. The van der Waals surface area contributed by atoms with Crippen LogP contribution in [0.4, 0.5) is 0 Å². The molecule has 0 aliphatic rings. The van der Waals surface area contributed by atoms with Crippen molar-refractivity contribution in [1.29, 1.82) is 0 Å². The van der Waals surface area contributed by atoms with E-state index in [1.54, 1.807) is 0 Å². The molecule has 192 valence electrons. The van der Waals surface area contributed by atoms with Crippen LogP contribution in [-0.4, -0.2) is 141 Å². The summed E-state index contributed by atoms with van der Waals surface area (Å²) in [7, 11) is 0. The molecule has 0 atom stereocenters. The van der Waals surface area contributed by atoms with Gasteiger partial charge in [0.2, 0.25) is 0 Å². The minimum Gasteiger partial charge on any atom is -1.00 e. The number of hydrogen-bond acceptors (Lipinski definition) is 14. The first-order valence-corrected chi connectivity index (χ1v) is 7.22. The zero-order valence-electron chi connectivity index (χ0n) is 19.7. The van der Waals surface area contributed by atoms with Crippen molar-refractivity contribution in [2.45, 2.75) is 38.5 Å². The average Bonchev–Trinajstić information content (AvgIpc) is 2.64. The molecule has 0 fully saturated rings. The molecule has 0 spiro atoms. The molecule has 0 heterocycles. The molecule has 0 unspecified atom stereocenters. The van der Waals surface area contributed by atoms with Crippen LogP contribution in [-0.2, 0) is 52.7 Å². The summed E-state index contributed by atoms with van der Waals surface area (Å²) in [6.45, 7) is -0.0236. The number of carbonyl (C=O) groups is 7. The van der Waals surface area contributed by atoms with Gasteiger partial charge < -0.3 is 74.6 Å². The van der Waals surface area contributed by atoms with Crippen molar-refractivity contribution in [3.8, 4) is 0 Å². The van der Waals surface area contributed by atoms with E-state index in [1.807, 2.05) is 0 Å². The van der Waals surface area contributed by atoms with Crippen molar-refractivity contribution in [2.24, 2.45) is 0 Å². The third-order valence-corrected chi connectivity index (χ3v) is 1.94. The molecular formula is C15H16Ca2Cl2Na2O16. The molecule has 0 saturated heterocycles. The van der Waals surface area contributed by atoms with E-state index in [9.17, 15) is 53.7 Å². The van der Waals surface area contributed by atoms with Gasteiger partial charge in [0.05, 0.1) is 12.8 Å². The first-order chi connectivity index (χ1) is 13.9. The first kappa shape index (κ1) is 71.3. The molecule has 0 rings (SSSR count). The van der Waals surface area contributed by atoms with Gasteiger partial charge in [-0.05, 0) is 12.8 Å². The van der Waals surface area contributed by atoms with Crippen LogP contribution in [0.3, 0.4) is 0 Å². The Hall–Kier alpha value is 0.799. The number of halogens is 2. The number of rotatable bonds is 11. The van der Waals surface area contributed by atoms with Gasteiger partial charge in [-0.2, -0.15) is 9.59 Å². The van der Waals surface area contributed by atoms with Crippen LogP contribution >= 0.6 is 0 Å². The molecule has 0 bridgehead atoms. The number of carboxylic acids is 4. The van der Waals surface area contributed by atoms with Crippen molar-refractivity contribution in [1.82, 2.24) is 0 Å². The van der Waals surface area contributed by atoms with Crippen molar-refractivity contribution in [2.75, 3.05) is 0 Å². The quantitative estimate of drug-likeness (QED) is 0.0542. The zero-order chi connectivity index (χ0) is 24.5. The van der Waals surface area contributed by atoms with E-state index in [0.717, 1.165) is 0 Å². The topological polar surface area (TPSA) is 301 Å². The largest absolute Gasteiger partial charge is 2.00 e. The summed E-state index contributed by atoms with van der Waals surface area (Å²) in [6.07, 6.45) is -0.332. The molecule has 0 aromatic rings. The summed E-state index contributed by atoms with van der Waals surface area (Å²) in [5.74, 6) is -7.65. The predicted molar refractivity (Wildman–Crippen MR) is 93.3 cm³/mol. The smallest absolute Gasteiger partial charge is 1.00 e. The molecular weight excluding hydrogens is 633 g/mol. The van der Waals surface area contributed by atoms with Crippen LogP contribution < -0.4 is 99.2 Å². The summed E-state index contributed by atoms with van der Waals surface area (Å²) >= 11 is 0. The summed E-state index contributed by atoms with van der Waals surface area (Å²) < 4.78 is 3.81. The number of ketones is 1. The van der Waals surface area contributed by atoms with E-state index < -0.39 is 48.5 Å². The molecule has 3 N–H and O–H groups in total. The molecule has 22 heteroatoms. The second-order valence-electron chi connectivity index (χ2n) is 4.16. The van der Waals surface area contributed by atoms with Gasteiger partial charge in [0.15, 0.2) is 5.78 Å². The zero-order valence-corrected chi connectivity index (χ0v) is 29.6. The summed E-state index contributed by atoms with van der Waals surface area (Å²) in [6, 6.07) is 0. The van der Waals surface area contributed by atoms with Crippen LogP contribution in [0.15, 0.2) is 0 Å². The molecule has 0 aromatic heterocycles. The summed E-state index contributed by atoms with van der Waals surface area (Å²) in [4.78, 5) is 93.9. The third kappa shape index (κ3) is 93.8. The normalized spacial score (nSPS) is 6.38. The van der Waals surface area contributed by atoms with Gasteiger partial charge in [-0.3, -0.25) is 25.5 Å². The van der Waals surface area contributed by atoms with Crippen molar-refractivity contribution < 1.29 is 163 Å². The Morgan fingerprint density at radius 2 is 1.19 bits per heavy atom. The van der Waals surface area contributed by atoms with E-state index in [-0.39, 0.29) is 203 Å². The van der Waals surface area contributed by atoms with Gasteiger partial charge in [-0.25, -0.2) is 0 Å². The summed E-state index contributed by atoms with van der Waals surface area (Å²) in [5.41, 5.74) is 0. The third-order valence-electron chi connectivity index (χ3n) is 1.94. The maximum absolute atomic E-state index is 10.2. The van der Waals surface area contributed by atoms with Gasteiger partial charge in [-0.1, -0.05) is 0 Å². The van der Waals surface area contributed by atoms with Gasteiger partial charge in [0, 0.05) is 18.4 Å². The van der Waals surface area contributed by atoms with Crippen LogP contribution in [0, 0.1) is 0 Å². The van der Waals surface area contributed by atoms with E-state index in [2.05, 4.69) is 4.74 Å². The standard InChI is InChI=1S/2C5H6O5.C4H5O3.CO2.2Ca.2ClH.2Na.H2O/c6-3-10-5(9)2-1-4(7)8;6-3(5(9)10)1-2-4(7)8;5-3-1-2-4(6)7;2-1-3;;;;;;;/h3H,1-2H2,(H,7,8);1-2H2,(H,7,8)(H,9,10);1-2H2,(H,6,7);;;;2*1H;;;1H2/q;;-1;;2*+2;;;2*+1;/p-5. The van der Waals surface area contributed by atoms with Crippen molar-refractivity contribution >= 4 is 130 Å². The number of Topliss-reactive ketones (excluding diaryl/α,β-unsaturated/α-hetero) is 1. The van der Waals surface area contributed by atoms with Crippen LogP contribution in [0.5, 0.6) is 0 Å². The predicted octanol–water partition coefficient (Wildman–Crippen LogP) is -19.1. The van der Waals surface area contributed by atoms with E-state index >= 15 is 0 Å². The maximum atomic E-state index is 10.2. The van der Waals surface area contributed by atoms with Crippen LogP contribution in [0.1, 0.15) is 38.5 Å². The monoisotopic (exact) mass is 648 g/mol. The Balaban J connectivity index is -0.0000000267. The molecule has 0 aliphatic heterocycles. The Labute approximate surface area is 326 Å². The molecule has 37 heavy (non-hydrogen) atoms. The van der Waals surface area contributed by atoms with Gasteiger partial charge in [0.25, 0.3) is 0 Å². The average molecular weight is 649 g/mol. The molecule has 0 aromatic carbocycles. The van der Waals surface area contributed by atoms with Crippen molar-refractivity contribution in [3.63, 3.8) is 0 Å². The van der Waals surface area contributed by atoms with Gasteiger partial charge >= 0.3 is 159 Å². The summed E-state index contributed by atoms with van der Waals surface area (Å²) in [5, 5.41) is 36.8. The van der Waals surface area contributed by atoms with E-state index in [0.29, 0.717) is 0 Å². The van der Waals surface area contributed by atoms with E-state index in [1.165, 1.54) is 6.29 Å². The number of esters is 1. The molecule has 16 nitrogen and oxygen atoms in total. The molecule has 0 amide bonds. The number of carbonyl (C=O) groups excluding carboxylic acids is 9. The van der Waals surface area contributed by atoms with E-state index in [4.69, 9.17) is 14.7 Å². The molecule has 0 radical (unpaired) electrons. The Morgan fingerprint density at radius 1 is 0.811 bits per heavy atom. The number of aliphatic carboxylic acids is 4. The number of hydrogen-bond donors (Lipinski definition) is 1.